The predicted molar refractivity (Wildman–Crippen MR) is 132 cm³/mol. The molecule has 6 rings (SSSR count). The summed E-state index contributed by atoms with van der Waals surface area (Å²) >= 11 is 0. The third kappa shape index (κ3) is 2.45. The fourth-order valence-electron chi connectivity index (χ4n) is 12.1. The second kappa shape index (κ2) is 6.41. The van der Waals surface area contributed by atoms with E-state index >= 15 is 0 Å². The van der Waals surface area contributed by atoms with Crippen LogP contribution in [-0.2, 0) is 4.74 Å². The number of epoxide rings is 1. The molecule has 6 aliphatic rings. The van der Waals surface area contributed by atoms with Crippen LogP contribution in [0.4, 0.5) is 0 Å². The van der Waals surface area contributed by atoms with E-state index in [4.69, 9.17) is 4.74 Å². The molecule has 1 saturated heterocycles. The third-order valence-corrected chi connectivity index (χ3v) is 14.6. The second-order valence-electron chi connectivity index (χ2n) is 15.5. The highest BCUT2D eigenvalue weighted by Crippen LogP contribution is 2.78. The molecule has 5 unspecified atom stereocenters. The summed E-state index contributed by atoms with van der Waals surface area (Å²) in [6.45, 7) is 19.8. The molecule has 0 bridgehead atoms. The standard InChI is InChI=1S/C30H50O3/c1-17-22-18-9-10-20-26(4)13-12-21(31)25(2,3)19(26)11-14-29(20,7)28(18,6)16-15-27(22,5)23(32)24-30(17,8)33-24/h17-24,31-32H,9-16H2,1-8H3/t17?,18?,19?,20?,21-,22?,23-,24+,26-,27+,28+,29+,30-/m0/s1. The molecule has 5 saturated carbocycles. The highest BCUT2D eigenvalue weighted by molar-refractivity contribution is 5.24. The smallest absolute Gasteiger partial charge is 0.114 e. The molecule has 1 aliphatic heterocycles. The average Bonchev–Trinajstić information content (AvgIpc) is 3.44. The number of fused-ring (bicyclic) bond motifs is 8. The first-order valence-electron chi connectivity index (χ1n) is 14.2. The van der Waals surface area contributed by atoms with Gasteiger partial charge in [-0.15, -0.1) is 0 Å². The molecule has 0 aromatic rings. The van der Waals surface area contributed by atoms with Crippen LogP contribution in [0.1, 0.15) is 107 Å². The zero-order chi connectivity index (χ0) is 24.0. The number of hydrogen-bond acceptors (Lipinski definition) is 3. The first-order chi connectivity index (χ1) is 15.2. The third-order valence-electron chi connectivity index (χ3n) is 14.6. The Balaban J connectivity index is 1.40. The molecule has 5 aliphatic carbocycles. The first kappa shape index (κ1) is 23.3. The fourth-order valence-corrected chi connectivity index (χ4v) is 12.1. The number of ether oxygens (including phenoxy) is 1. The van der Waals surface area contributed by atoms with E-state index < -0.39 is 0 Å². The molecule has 0 radical (unpaired) electrons. The summed E-state index contributed by atoms with van der Waals surface area (Å²) in [5.41, 5.74) is 0.886. The van der Waals surface area contributed by atoms with Crippen LogP contribution in [0.2, 0.25) is 0 Å². The van der Waals surface area contributed by atoms with Crippen LogP contribution in [0, 0.1) is 56.7 Å². The zero-order valence-corrected chi connectivity index (χ0v) is 22.6. The van der Waals surface area contributed by atoms with E-state index in [9.17, 15) is 10.2 Å². The molecule has 0 aromatic carbocycles. The molecule has 6 fully saturated rings. The molecule has 33 heavy (non-hydrogen) atoms. The largest absolute Gasteiger partial charge is 0.393 e. The molecule has 3 nitrogen and oxygen atoms in total. The quantitative estimate of drug-likeness (QED) is 0.425. The van der Waals surface area contributed by atoms with Crippen molar-refractivity contribution in [2.24, 2.45) is 56.7 Å². The Hall–Kier alpha value is -0.120. The Labute approximate surface area is 202 Å². The van der Waals surface area contributed by atoms with Gasteiger partial charge >= 0.3 is 0 Å². The van der Waals surface area contributed by atoms with E-state index in [0.29, 0.717) is 39.9 Å². The van der Waals surface area contributed by atoms with E-state index in [2.05, 4.69) is 55.4 Å². The lowest BCUT2D eigenvalue weighted by atomic mass is 9.31. The van der Waals surface area contributed by atoms with Gasteiger partial charge in [-0.25, -0.2) is 0 Å². The van der Waals surface area contributed by atoms with E-state index in [1.807, 2.05) is 0 Å². The summed E-state index contributed by atoms with van der Waals surface area (Å²) in [6.07, 6.45) is 9.32. The van der Waals surface area contributed by atoms with Crippen LogP contribution in [0.15, 0.2) is 0 Å². The van der Waals surface area contributed by atoms with Gasteiger partial charge in [-0.1, -0.05) is 48.5 Å². The molecule has 13 atom stereocenters. The van der Waals surface area contributed by atoms with Crippen molar-refractivity contribution < 1.29 is 14.9 Å². The highest BCUT2D eigenvalue weighted by Gasteiger charge is 2.76. The molecule has 3 heteroatoms. The fraction of sp³-hybridized carbons (Fsp3) is 1.00. The number of aliphatic hydroxyl groups is 2. The summed E-state index contributed by atoms with van der Waals surface area (Å²) in [6, 6.07) is 0. The molecular weight excluding hydrogens is 408 g/mol. The number of hydrogen-bond donors (Lipinski definition) is 2. The van der Waals surface area contributed by atoms with Crippen molar-refractivity contribution in [3.05, 3.63) is 0 Å². The lowest BCUT2D eigenvalue weighted by molar-refractivity contribution is -0.262. The highest BCUT2D eigenvalue weighted by atomic mass is 16.6. The number of aliphatic hydroxyl groups excluding tert-OH is 2. The molecule has 0 spiro atoms. The normalized spacial score (nSPS) is 65.6. The Morgan fingerprint density at radius 1 is 0.697 bits per heavy atom. The molecule has 0 amide bonds. The SMILES string of the molecule is CC1C2C3CCC4[C@@]5(C)CC[C@H](O)C(C)(C)C5CC[C@@]4(C)[C@]3(C)CC[C@@]2(C)[C@@H](O)[C@H]2O[C@@]12C. The van der Waals surface area contributed by atoms with Gasteiger partial charge in [0.1, 0.15) is 6.10 Å². The van der Waals surface area contributed by atoms with Gasteiger partial charge in [-0.2, -0.15) is 0 Å². The van der Waals surface area contributed by atoms with Crippen molar-refractivity contribution in [2.45, 2.75) is 131 Å². The van der Waals surface area contributed by atoms with Crippen molar-refractivity contribution in [3.8, 4) is 0 Å². The number of rotatable bonds is 0. The van der Waals surface area contributed by atoms with Crippen LogP contribution in [0.5, 0.6) is 0 Å². The van der Waals surface area contributed by atoms with E-state index in [1.54, 1.807) is 0 Å². The summed E-state index contributed by atoms with van der Waals surface area (Å²) < 4.78 is 6.24. The molecule has 0 aromatic heterocycles. The lowest BCUT2D eigenvalue weighted by Gasteiger charge is -2.74. The van der Waals surface area contributed by atoms with Gasteiger partial charge in [-0.3, -0.25) is 0 Å². The van der Waals surface area contributed by atoms with Gasteiger partial charge in [0.05, 0.1) is 17.8 Å². The Bertz CT molecular complexity index is 853. The summed E-state index contributed by atoms with van der Waals surface area (Å²) in [5.74, 6) is 3.09. The Morgan fingerprint density at radius 3 is 2.09 bits per heavy atom. The van der Waals surface area contributed by atoms with E-state index in [0.717, 1.165) is 18.8 Å². The van der Waals surface area contributed by atoms with Gasteiger partial charge in [0.2, 0.25) is 0 Å². The monoisotopic (exact) mass is 458 g/mol. The van der Waals surface area contributed by atoms with Gasteiger partial charge in [0, 0.05) is 0 Å². The molecule has 2 N–H and O–H groups in total. The van der Waals surface area contributed by atoms with E-state index in [-0.39, 0.29) is 34.7 Å². The van der Waals surface area contributed by atoms with E-state index in [1.165, 1.54) is 38.5 Å². The minimum Gasteiger partial charge on any atom is -0.393 e. The summed E-state index contributed by atoms with van der Waals surface area (Å²) in [5, 5.41) is 22.4. The van der Waals surface area contributed by atoms with Gasteiger partial charge in [0.15, 0.2) is 0 Å². The first-order valence-corrected chi connectivity index (χ1v) is 14.2. The zero-order valence-electron chi connectivity index (χ0n) is 22.6. The van der Waals surface area contributed by atoms with Crippen molar-refractivity contribution in [3.63, 3.8) is 0 Å². The maximum atomic E-state index is 11.5. The summed E-state index contributed by atoms with van der Waals surface area (Å²) in [4.78, 5) is 0. The minimum atomic E-state index is -0.312. The minimum absolute atomic E-state index is 0.00842. The molecular formula is C30H50O3. The van der Waals surface area contributed by atoms with Crippen LogP contribution in [0.3, 0.4) is 0 Å². The Morgan fingerprint density at radius 2 is 1.39 bits per heavy atom. The van der Waals surface area contributed by atoms with Crippen LogP contribution in [-0.4, -0.2) is 34.1 Å². The van der Waals surface area contributed by atoms with Crippen molar-refractivity contribution in [2.75, 3.05) is 0 Å². The Kier molecular flexibility index (Phi) is 4.52. The maximum Gasteiger partial charge on any atom is 0.114 e. The molecule has 188 valence electrons. The molecule has 1 heterocycles. The van der Waals surface area contributed by atoms with Gasteiger partial charge in [0.25, 0.3) is 0 Å². The topological polar surface area (TPSA) is 53.0 Å². The van der Waals surface area contributed by atoms with Gasteiger partial charge in [-0.05, 0) is 115 Å². The second-order valence-corrected chi connectivity index (χ2v) is 15.5. The van der Waals surface area contributed by atoms with Crippen LogP contribution >= 0.6 is 0 Å². The average molecular weight is 459 g/mol. The van der Waals surface area contributed by atoms with Crippen LogP contribution in [0.25, 0.3) is 0 Å². The predicted octanol–water partition coefficient (Wildman–Crippen LogP) is 6.21. The maximum absolute atomic E-state index is 11.5. The van der Waals surface area contributed by atoms with Crippen LogP contribution < -0.4 is 0 Å². The van der Waals surface area contributed by atoms with Crippen molar-refractivity contribution in [1.82, 2.24) is 0 Å². The van der Waals surface area contributed by atoms with Gasteiger partial charge < -0.3 is 14.9 Å². The van der Waals surface area contributed by atoms with Crippen molar-refractivity contribution >= 4 is 0 Å². The summed E-state index contributed by atoms with van der Waals surface area (Å²) in [7, 11) is 0. The lowest BCUT2D eigenvalue weighted by Crippen LogP contribution is -2.69. The van der Waals surface area contributed by atoms with Crippen molar-refractivity contribution in [1.29, 1.82) is 0 Å².